The van der Waals surface area contributed by atoms with E-state index in [0.717, 1.165) is 10.6 Å². The van der Waals surface area contributed by atoms with E-state index in [1.807, 2.05) is 24.3 Å². The molecule has 0 unspecified atom stereocenters. The summed E-state index contributed by atoms with van der Waals surface area (Å²) in [4.78, 5) is 0. The van der Waals surface area contributed by atoms with E-state index in [9.17, 15) is 0 Å². The Hall–Kier alpha value is -0.840. The Morgan fingerprint density at radius 2 is 2.25 bits per heavy atom. The van der Waals surface area contributed by atoms with Crippen LogP contribution in [-0.4, -0.2) is 25.4 Å². The van der Waals surface area contributed by atoms with Gasteiger partial charge in [0.2, 0.25) is 0 Å². The number of benzene rings is 1. The third-order valence-corrected chi connectivity index (χ3v) is 2.46. The highest BCUT2D eigenvalue weighted by molar-refractivity contribution is 7.80. The predicted molar refractivity (Wildman–Crippen MR) is 70.8 cm³/mol. The number of ether oxygens (including phenoxy) is 1. The lowest BCUT2D eigenvalue weighted by Crippen LogP contribution is -2.36. The van der Waals surface area contributed by atoms with Gasteiger partial charge in [-0.15, -0.1) is 0 Å². The van der Waals surface area contributed by atoms with Crippen molar-refractivity contribution in [3.05, 3.63) is 34.9 Å². The van der Waals surface area contributed by atoms with Gasteiger partial charge < -0.3 is 15.4 Å². The Morgan fingerprint density at radius 1 is 1.44 bits per heavy atom. The fourth-order valence-electron chi connectivity index (χ4n) is 1.16. The molecule has 0 bridgehead atoms. The number of rotatable bonds is 5. The third-order valence-electron chi connectivity index (χ3n) is 1.93. The van der Waals surface area contributed by atoms with E-state index in [4.69, 9.17) is 28.6 Å². The van der Waals surface area contributed by atoms with Gasteiger partial charge in [-0.05, 0) is 29.9 Å². The van der Waals surface area contributed by atoms with Crippen LogP contribution >= 0.6 is 23.8 Å². The molecule has 1 aromatic rings. The Morgan fingerprint density at radius 3 is 2.94 bits per heavy atom. The van der Waals surface area contributed by atoms with Crippen LogP contribution < -0.4 is 10.6 Å². The van der Waals surface area contributed by atoms with Crippen LogP contribution in [0.25, 0.3) is 0 Å². The molecule has 0 saturated carbocycles. The number of hydrogen-bond acceptors (Lipinski definition) is 2. The van der Waals surface area contributed by atoms with E-state index in [1.54, 1.807) is 7.11 Å². The minimum atomic E-state index is 0.622. The molecule has 16 heavy (non-hydrogen) atoms. The second-order valence-electron chi connectivity index (χ2n) is 3.23. The molecular weight excluding hydrogens is 244 g/mol. The van der Waals surface area contributed by atoms with Crippen LogP contribution in [-0.2, 0) is 11.3 Å². The van der Waals surface area contributed by atoms with Gasteiger partial charge in [-0.1, -0.05) is 23.7 Å². The predicted octanol–water partition coefficient (Wildman–Crippen LogP) is 1.95. The van der Waals surface area contributed by atoms with Gasteiger partial charge >= 0.3 is 0 Å². The maximum Gasteiger partial charge on any atom is 0.166 e. The van der Waals surface area contributed by atoms with Crippen molar-refractivity contribution in [2.75, 3.05) is 20.3 Å². The van der Waals surface area contributed by atoms with Gasteiger partial charge in [0.1, 0.15) is 0 Å². The van der Waals surface area contributed by atoms with Crippen LogP contribution in [0.4, 0.5) is 0 Å². The Labute approximate surface area is 106 Å². The number of nitrogens with one attached hydrogen (secondary N) is 2. The second-order valence-corrected chi connectivity index (χ2v) is 4.08. The van der Waals surface area contributed by atoms with E-state index in [0.29, 0.717) is 24.8 Å². The average Bonchev–Trinajstić information content (AvgIpc) is 2.27. The summed E-state index contributed by atoms with van der Waals surface area (Å²) in [7, 11) is 1.66. The van der Waals surface area contributed by atoms with E-state index >= 15 is 0 Å². The summed E-state index contributed by atoms with van der Waals surface area (Å²) in [6, 6.07) is 7.67. The molecule has 0 heterocycles. The molecule has 0 fully saturated rings. The van der Waals surface area contributed by atoms with E-state index in [-0.39, 0.29) is 0 Å². The lowest BCUT2D eigenvalue weighted by molar-refractivity contribution is 0.204. The van der Waals surface area contributed by atoms with E-state index in [1.165, 1.54) is 0 Å². The average molecular weight is 259 g/mol. The van der Waals surface area contributed by atoms with Crippen molar-refractivity contribution in [3.63, 3.8) is 0 Å². The Kier molecular flexibility index (Phi) is 6.15. The number of hydrogen-bond donors (Lipinski definition) is 2. The van der Waals surface area contributed by atoms with Gasteiger partial charge in [0.05, 0.1) is 6.61 Å². The lowest BCUT2D eigenvalue weighted by Gasteiger charge is -2.10. The van der Waals surface area contributed by atoms with Crippen molar-refractivity contribution >= 4 is 28.9 Å². The van der Waals surface area contributed by atoms with Crippen molar-refractivity contribution in [2.45, 2.75) is 6.54 Å². The molecule has 0 aromatic heterocycles. The van der Waals surface area contributed by atoms with Gasteiger partial charge in [-0.25, -0.2) is 0 Å². The molecule has 0 aliphatic rings. The van der Waals surface area contributed by atoms with Crippen molar-refractivity contribution < 1.29 is 4.74 Å². The zero-order valence-electron chi connectivity index (χ0n) is 9.13. The topological polar surface area (TPSA) is 33.3 Å². The molecule has 0 amide bonds. The molecule has 0 aliphatic carbocycles. The van der Waals surface area contributed by atoms with Gasteiger partial charge in [-0.3, -0.25) is 0 Å². The molecule has 5 heteroatoms. The standard InChI is InChI=1S/C11H15ClN2OS/c1-15-6-5-13-11(16)14-8-9-3-2-4-10(12)7-9/h2-4,7H,5-6,8H2,1H3,(H2,13,14,16). The Bertz CT molecular complexity index is 347. The second kappa shape index (κ2) is 7.44. The highest BCUT2D eigenvalue weighted by Gasteiger charge is 1.96. The van der Waals surface area contributed by atoms with Crippen molar-refractivity contribution in [1.82, 2.24) is 10.6 Å². The molecule has 1 aromatic carbocycles. The van der Waals surface area contributed by atoms with Crippen molar-refractivity contribution in [3.8, 4) is 0 Å². The minimum absolute atomic E-state index is 0.622. The SMILES string of the molecule is COCCNC(=S)NCc1cccc(Cl)c1. The van der Waals surface area contributed by atoms with E-state index in [2.05, 4.69) is 10.6 Å². The van der Waals surface area contributed by atoms with Crippen LogP contribution in [0.5, 0.6) is 0 Å². The third kappa shape index (κ3) is 5.30. The molecule has 0 radical (unpaired) electrons. The van der Waals surface area contributed by atoms with Crippen molar-refractivity contribution in [2.24, 2.45) is 0 Å². The highest BCUT2D eigenvalue weighted by atomic mass is 35.5. The summed E-state index contributed by atoms with van der Waals surface area (Å²) in [5.74, 6) is 0. The minimum Gasteiger partial charge on any atom is -0.383 e. The lowest BCUT2D eigenvalue weighted by atomic mass is 10.2. The fourth-order valence-corrected chi connectivity index (χ4v) is 1.55. The van der Waals surface area contributed by atoms with Crippen LogP contribution in [0.3, 0.4) is 0 Å². The summed E-state index contributed by atoms with van der Waals surface area (Å²) < 4.78 is 4.90. The molecule has 3 nitrogen and oxygen atoms in total. The first-order chi connectivity index (χ1) is 7.72. The summed E-state index contributed by atoms with van der Waals surface area (Å²) in [6.45, 7) is 2.01. The van der Waals surface area contributed by atoms with E-state index < -0.39 is 0 Å². The number of thiocarbonyl (C=S) groups is 1. The molecule has 0 aliphatic heterocycles. The molecular formula is C11H15ClN2OS. The monoisotopic (exact) mass is 258 g/mol. The van der Waals surface area contributed by atoms with Gasteiger partial charge in [0.25, 0.3) is 0 Å². The smallest absolute Gasteiger partial charge is 0.166 e. The maximum absolute atomic E-state index is 5.87. The van der Waals surface area contributed by atoms with Gasteiger partial charge in [0.15, 0.2) is 5.11 Å². The molecule has 0 atom stereocenters. The van der Waals surface area contributed by atoms with Crippen LogP contribution in [0, 0.1) is 0 Å². The zero-order valence-corrected chi connectivity index (χ0v) is 10.7. The molecule has 88 valence electrons. The maximum atomic E-state index is 5.87. The summed E-state index contributed by atoms with van der Waals surface area (Å²) in [6.07, 6.45) is 0. The first kappa shape index (κ1) is 13.2. The normalized spacial score (nSPS) is 9.88. The molecule has 0 saturated heterocycles. The number of methoxy groups -OCH3 is 1. The molecule has 1 rings (SSSR count). The summed E-state index contributed by atoms with van der Waals surface area (Å²) >= 11 is 11.0. The first-order valence-electron chi connectivity index (χ1n) is 4.97. The fraction of sp³-hybridized carbons (Fsp3) is 0.364. The Balaban J connectivity index is 2.26. The largest absolute Gasteiger partial charge is 0.383 e. The van der Waals surface area contributed by atoms with Gasteiger partial charge in [-0.2, -0.15) is 0 Å². The van der Waals surface area contributed by atoms with Crippen LogP contribution in [0.15, 0.2) is 24.3 Å². The highest BCUT2D eigenvalue weighted by Crippen LogP contribution is 2.09. The van der Waals surface area contributed by atoms with Gasteiger partial charge in [0, 0.05) is 25.2 Å². The molecule has 2 N–H and O–H groups in total. The van der Waals surface area contributed by atoms with Crippen LogP contribution in [0.2, 0.25) is 5.02 Å². The quantitative estimate of drug-likeness (QED) is 0.625. The zero-order chi connectivity index (χ0) is 11.8. The number of halogens is 1. The molecule has 0 spiro atoms. The summed E-state index contributed by atoms with van der Waals surface area (Å²) in [5.41, 5.74) is 1.10. The van der Waals surface area contributed by atoms with Crippen LogP contribution in [0.1, 0.15) is 5.56 Å². The first-order valence-corrected chi connectivity index (χ1v) is 5.76. The summed E-state index contributed by atoms with van der Waals surface area (Å²) in [5, 5.41) is 7.48. The van der Waals surface area contributed by atoms with Crippen molar-refractivity contribution in [1.29, 1.82) is 0 Å².